The number of aromatic nitrogens is 3. The first-order valence-electron chi connectivity index (χ1n) is 9.31. The molecule has 26 heavy (non-hydrogen) atoms. The van der Waals surface area contributed by atoms with Crippen LogP contribution in [0.15, 0.2) is 24.3 Å². The van der Waals surface area contributed by atoms with Crippen LogP contribution < -0.4 is 10.6 Å². The van der Waals surface area contributed by atoms with Crippen LogP contribution in [0.25, 0.3) is 0 Å². The molecule has 1 fully saturated rings. The molecule has 1 aliphatic heterocycles. The van der Waals surface area contributed by atoms with Gasteiger partial charge in [-0.1, -0.05) is 12.5 Å². The molecule has 2 aliphatic rings. The molecule has 4 rings (SSSR count). The Morgan fingerprint density at radius 1 is 1.15 bits per heavy atom. The molecule has 0 bridgehead atoms. The van der Waals surface area contributed by atoms with Gasteiger partial charge in [0.25, 0.3) is 5.91 Å². The van der Waals surface area contributed by atoms with Crippen LogP contribution in [0.4, 0.5) is 5.69 Å². The van der Waals surface area contributed by atoms with Gasteiger partial charge in [0, 0.05) is 30.1 Å². The van der Waals surface area contributed by atoms with E-state index in [4.69, 9.17) is 0 Å². The summed E-state index contributed by atoms with van der Waals surface area (Å²) in [5, 5.41) is 14.3. The van der Waals surface area contributed by atoms with Gasteiger partial charge in [0.2, 0.25) is 5.91 Å². The van der Waals surface area contributed by atoms with Gasteiger partial charge in [0.15, 0.2) is 5.82 Å². The summed E-state index contributed by atoms with van der Waals surface area (Å²) >= 11 is 0. The highest BCUT2D eigenvalue weighted by Crippen LogP contribution is 2.30. The quantitative estimate of drug-likeness (QED) is 0.863. The first-order chi connectivity index (χ1) is 12.7. The molecule has 2 aromatic rings. The number of benzene rings is 1. The van der Waals surface area contributed by atoms with Crippen molar-refractivity contribution >= 4 is 17.5 Å². The van der Waals surface area contributed by atoms with E-state index in [-0.39, 0.29) is 17.7 Å². The average molecular weight is 353 g/mol. The van der Waals surface area contributed by atoms with Crippen LogP contribution in [0.5, 0.6) is 0 Å². The second-order valence-corrected chi connectivity index (χ2v) is 7.02. The Hall–Kier alpha value is -2.70. The van der Waals surface area contributed by atoms with Crippen LogP contribution in [-0.4, -0.2) is 26.6 Å². The molecule has 0 atom stereocenters. The first-order valence-corrected chi connectivity index (χ1v) is 9.31. The number of aryl methyl sites for hydroxylation is 1. The van der Waals surface area contributed by atoms with Gasteiger partial charge < -0.3 is 15.2 Å². The molecular weight excluding hydrogens is 330 g/mol. The zero-order valence-corrected chi connectivity index (χ0v) is 14.7. The predicted octanol–water partition coefficient (Wildman–Crippen LogP) is 2.28. The molecule has 2 heterocycles. The lowest BCUT2D eigenvalue weighted by atomic mass is 10.2. The standard InChI is InChI=1S/C19H23N5O2/c25-18(14-5-4-6-15(11-14)21-19(26)13-8-9-13)20-12-17-23-22-16-7-2-1-3-10-24(16)17/h4-6,11,13H,1-3,7-10,12H2,(H,20,25)(H,21,26). The van der Waals surface area contributed by atoms with Gasteiger partial charge in [-0.2, -0.15) is 0 Å². The second kappa shape index (κ2) is 7.27. The molecule has 1 saturated carbocycles. The fourth-order valence-electron chi connectivity index (χ4n) is 3.27. The van der Waals surface area contributed by atoms with E-state index in [1.165, 1.54) is 6.42 Å². The molecule has 2 N–H and O–H groups in total. The van der Waals surface area contributed by atoms with Crippen molar-refractivity contribution in [3.05, 3.63) is 41.5 Å². The number of hydrogen-bond donors (Lipinski definition) is 2. The normalized spacial score (nSPS) is 16.5. The molecule has 7 nitrogen and oxygen atoms in total. The van der Waals surface area contributed by atoms with Crippen molar-refractivity contribution in [3.63, 3.8) is 0 Å². The maximum atomic E-state index is 12.5. The molecule has 136 valence electrons. The highest BCUT2D eigenvalue weighted by atomic mass is 16.2. The fraction of sp³-hybridized carbons (Fsp3) is 0.474. The average Bonchev–Trinajstić information content (AvgIpc) is 3.46. The summed E-state index contributed by atoms with van der Waals surface area (Å²) < 4.78 is 2.12. The summed E-state index contributed by atoms with van der Waals surface area (Å²) in [5.74, 6) is 1.80. The van der Waals surface area contributed by atoms with E-state index in [2.05, 4.69) is 25.4 Å². The number of rotatable bonds is 5. The number of nitrogens with one attached hydrogen (secondary N) is 2. The zero-order chi connectivity index (χ0) is 17.9. The molecule has 0 unspecified atom stereocenters. The highest BCUT2D eigenvalue weighted by Gasteiger charge is 2.29. The van der Waals surface area contributed by atoms with Crippen molar-refractivity contribution in [1.82, 2.24) is 20.1 Å². The van der Waals surface area contributed by atoms with Gasteiger partial charge in [-0.3, -0.25) is 9.59 Å². The summed E-state index contributed by atoms with van der Waals surface area (Å²) in [6.07, 6.45) is 6.32. The van der Waals surface area contributed by atoms with Gasteiger partial charge >= 0.3 is 0 Å². The molecule has 0 radical (unpaired) electrons. The van der Waals surface area contributed by atoms with E-state index < -0.39 is 0 Å². The third kappa shape index (κ3) is 3.76. The van der Waals surface area contributed by atoms with E-state index >= 15 is 0 Å². The monoisotopic (exact) mass is 353 g/mol. The van der Waals surface area contributed by atoms with Crippen LogP contribution in [0.1, 0.15) is 54.1 Å². The molecule has 7 heteroatoms. The van der Waals surface area contributed by atoms with Crippen molar-refractivity contribution < 1.29 is 9.59 Å². The smallest absolute Gasteiger partial charge is 0.251 e. The van der Waals surface area contributed by atoms with Crippen molar-refractivity contribution in [1.29, 1.82) is 0 Å². The van der Waals surface area contributed by atoms with Crippen molar-refractivity contribution in [3.8, 4) is 0 Å². The minimum absolute atomic E-state index is 0.0358. The van der Waals surface area contributed by atoms with Gasteiger partial charge in [-0.25, -0.2) is 0 Å². The number of fused-ring (bicyclic) bond motifs is 1. The lowest BCUT2D eigenvalue weighted by Gasteiger charge is -2.09. The van der Waals surface area contributed by atoms with E-state index in [0.717, 1.165) is 50.3 Å². The van der Waals surface area contributed by atoms with Gasteiger partial charge in [0.05, 0.1) is 6.54 Å². The lowest BCUT2D eigenvalue weighted by Crippen LogP contribution is -2.25. The van der Waals surface area contributed by atoms with E-state index in [1.807, 2.05) is 0 Å². The third-order valence-corrected chi connectivity index (χ3v) is 4.93. The molecule has 2 amide bonds. The molecule has 0 spiro atoms. The minimum Gasteiger partial charge on any atom is -0.345 e. The SMILES string of the molecule is O=C(NCc1nnc2n1CCCCC2)c1cccc(NC(=O)C2CC2)c1. The molecular formula is C19H23N5O2. The van der Waals surface area contributed by atoms with Crippen LogP contribution in [0.2, 0.25) is 0 Å². The number of carbonyl (C=O) groups excluding carboxylic acids is 2. The lowest BCUT2D eigenvalue weighted by molar-refractivity contribution is -0.117. The first kappa shape index (κ1) is 16.8. The largest absolute Gasteiger partial charge is 0.345 e. The second-order valence-electron chi connectivity index (χ2n) is 7.02. The maximum absolute atomic E-state index is 12.5. The minimum atomic E-state index is -0.182. The van der Waals surface area contributed by atoms with Crippen molar-refractivity contribution in [2.45, 2.75) is 51.6 Å². The topological polar surface area (TPSA) is 88.9 Å². The molecule has 0 saturated heterocycles. The van der Waals surface area contributed by atoms with Crippen LogP contribution in [0, 0.1) is 5.92 Å². The Kier molecular flexibility index (Phi) is 4.69. The molecule has 1 aromatic heterocycles. The predicted molar refractivity (Wildman–Crippen MR) is 96.5 cm³/mol. The van der Waals surface area contributed by atoms with Crippen LogP contribution in [0.3, 0.4) is 0 Å². The zero-order valence-electron chi connectivity index (χ0n) is 14.7. The Labute approximate surface area is 152 Å². The van der Waals surface area contributed by atoms with Crippen molar-refractivity contribution in [2.24, 2.45) is 5.92 Å². The highest BCUT2D eigenvalue weighted by molar-refractivity contribution is 5.98. The Morgan fingerprint density at radius 3 is 2.88 bits per heavy atom. The van der Waals surface area contributed by atoms with E-state index in [0.29, 0.717) is 17.8 Å². The summed E-state index contributed by atoms with van der Waals surface area (Å²) in [6, 6.07) is 7.03. The number of hydrogen-bond acceptors (Lipinski definition) is 4. The van der Waals surface area contributed by atoms with E-state index in [9.17, 15) is 9.59 Å². The Morgan fingerprint density at radius 2 is 2.04 bits per heavy atom. The number of carbonyl (C=O) groups is 2. The summed E-state index contributed by atoms with van der Waals surface area (Å²) in [7, 11) is 0. The molecule has 1 aliphatic carbocycles. The van der Waals surface area contributed by atoms with Gasteiger partial charge in [-0.05, 0) is 43.9 Å². The summed E-state index contributed by atoms with van der Waals surface area (Å²) in [6.45, 7) is 1.26. The number of nitrogens with zero attached hydrogens (tertiary/aromatic N) is 3. The summed E-state index contributed by atoms with van der Waals surface area (Å²) in [4.78, 5) is 24.4. The number of anilines is 1. The number of amides is 2. The molecule has 1 aromatic carbocycles. The van der Waals surface area contributed by atoms with Crippen LogP contribution in [-0.2, 0) is 24.3 Å². The fourth-order valence-corrected chi connectivity index (χ4v) is 3.27. The Balaban J connectivity index is 1.39. The third-order valence-electron chi connectivity index (χ3n) is 4.93. The van der Waals surface area contributed by atoms with Gasteiger partial charge in [0.1, 0.15) is 5.82 Å². The summed E-state index contributed by atoms with van der Waals surface area (Å²) in [5.41, 5.74) is 1.18. The van der Waals surface area contributed by atoms with Gasteiger partial charge in [-0.15, -0.1) is 10.2 Å². The maximum Gasteiger partial charge on any atom is 0.251 e. The Bertz CT molecular complexity index is 825. The van der Waals surface area contributed by atoms with Crippen LogP contribution >= 0.6 is 0 Å². The van der Waals surface area contributed by atoms with Crippen molar-refractivity contribution in [2.75, 3.05) is 5.32 Å². The van der Waals surface area contributed by atoms with E-state index in [1.54, 1.807) is 24.3 Å².